The maximum atomic E-state index is 3.82. The third kappa shape index (κ3) is 3.79. The van der Waals surface area contributed by atoms with Crippen LogP contribution < -0.4 is 5.32 Å². The zero-order valence-electron chi connectivity index (χ0n) is 8.52. The van der Waals surface area contributed by atoms with Crippen molar-refractivity contribution in [1.29, 1.82) is 0 Å². The average molecular weight is 247 g/mol. The van der Waals surface area contributed by atoms with Crippen LogP contribution in [0, 0.1) is 0 Å². The second kappa shape index (κ2) is 5.13. The van der Waals surface area contributed by atoms with Crippen LogP contribution in [0.25, 0.3) is 0 Å². The molecule has 2 atom stereocenters. The lowest BCUT2D eigenvalue weighted by molar-refractivity contribution is 0.170. The quantitative estimate of drug-likeness (QED) is 0.820. The second-order valence-corrected chi connectivity index (χ2v) is 5.07. The highest BCUT2D eigenvalue weighted by Crippen LogP contribution is 2.15. The number of hydrogen-bond donors (Lipinski definition) is 1. The van der Waals surface area contributed by atoms with Crippen molar-refractivity contribution in [3.63, 3.8) is 0 Å². The fourth-order valence-electron chi connectivity index (χ4n) is 1.73. The van der Waals surface area contributed by atoms with Crippen LogP contribution in [-0.4, -0.2) is 37.1 Å². The summed E-state index contributed by atoms with van der Waals surface area (Å²) >= 11 is 3.36. The maximum Gasteiger partial charge on any atom is 0.0268 e. The smallest absolute Gasteiger partial charge is 0.0268 e. The molecule has 0 aromatic heterocycles. The van der Waals surface area contributed by atoms with Crippen LogP contribution in [0.4, 0.5) is 0 Å². The molecule has 0 bridgehead atoms. The fourth-order valence-corrected chi connectivity index (χ4v) is 1.89. The first kappa shape index (κ1) is 11.2. The molecule has 0 radical (unpaired) electrons. The molecule has 1 N–H and O–H groups in total. The van der Waals surface area contributed by atoms with Gasteiger partial charge in [-0.2, -0.15) is 0 Å². The Balaban J connectivity index is 2.25. The maximum absolute atomic E-state index is 3.82. The molecule has 0 spiro atoms. The molecular formula is C10H19BrN2. The van der Waals surface area contributed by atoms with Gasteiger partial charge in [0.1, 0.15) is 0 Å². The van der Waals surface area contributed by atoms with Gasteiger partial charge in [-0.25, -0.2) is 0 Å². The van der Waals surface area contributed by atoms with Crippen LogP contribution in [0.5, 0.6) is 0 Å². The van der Waals surface area contributed by atoms with Gasteiger partial charge in [-0.15, -0.1) is 0 Å². The van der Waals surface area contributed by atoms with E-state index in [1.165, 1.54) is 19.4 Å². The summed E-state index contributed by atoms with van der Waals surface area (Å²) in [7, 11) is 2.20. The highest BCUT2D eigenvalue weighted by atomic mass is 79.9. The monoisotopic (exact) mass is 246 g/mol. The molecule has 0 aromatic rings. The molecule has 1 rings (SSSR count). The Kier molecular flexibility index (Phi) is 4.42. The zero-order chi connectivity index (χ0) is 9.84. The van der Waals surface area contributed by atoms with Gasteiger partial charge >= 0.3 is 0 Å². The van der Waals surface area contributed by atoms with E-state index in [0.29, 0.717) is 12.1 Å². The zero-order valence-corrected chi connectivity index (χ0v) is 10.1. The Morgan fingerprint density at radius 2 is 2.38 bits per heavy atom. The summed E-state index contributed by atoms with van der Waals surface area (Å²) in [5.41, 5.74) is 0. The molecule has 1 fully saturated rings. The van der Waals surface area contributed by atoms with Crippen molar-refractivity contribution in [2.75, 3.05) is 20.1 Å². The second-order valence-electron chi connectivity index (χ2n) is 3.95. The minimum Gasteiger partial charge on any atom is -0.309 e. The van der Waals surface area contributed by atoms with Gasteiger partial charge in [0.25, 0.3) is 0 Å². The van der Waals surface area contributed by atoms with Gasteiger partial charge in [-0.3, -0.25) is 0 Å². The van der Waals surface area contributed by atoms with Crippen LogP contribution in [0.2, 0.25) is 0 Å². The first-order valence-corrected chi connectivity index (χ1v) is 5.66. The molecular weight excluding hydrogens is 228 g/mol. The van der Waals surface area contributed by atoms with Gasteiger partial charge in [-0.1, -0.05) is 22.5 Å². The van der Waals surface area contributed by atoms with Crippen molar-refractivity contribution in [3.8, 4) is 0 Å². The summed E-state index contributed by atoms with van der Waals surface area (Å²) in [6, 6.07) is 1.37. The molecule has 0 aromatic carbocycles. The normalized spacial score (nSPS) is 30.4. The topological polar surface area (TPSA) is 15.3 Å². The van der Waals surface area contributed by atoms with Crippen LogP contribution in [-0.2, 0) is 0 Å². The summed E-state index contributed by atoms with van der Waals surface area (Å²) in [6.07, 6.45) is 2.50. The molecule has 1 saturated heterocycles. The van der Waals surface area contributed by atoms with E-state index in [1.54, 1.807) is 0 Å². The van der Waals surface area contributed by atoms with E-state index in [2.05, 4.69) is 46.7 Å². The molecule has 0 amide bonds. The number of rotatable bonds is 3. The lowest BCUT2D eigenvalue weighted by atomic mass is 9.99. The van der Waals surface area contributed by atoms with E-state index >= 15 is 0 Å². The van der Waals surface area contributed by atoms with Crippen LogP contribution >= 0.6 is 15.9 Å². The van der Waals surface area contributed by atoms with Crippen LogP contribution in [0.15, 0.2) is 11.1 Å². The van der Waals surface area contributed by atoms with Gasteiger partial charge in [-0.05, 0) is 33.4 Å². The average Bonchev–Trinajstić information content (AvgIpc) is 2.07. The minimum atomic E-state index is 0.667. The third-order valence-electron chi connectivity index (χ3n) is 2.79. The number of nitrogens with one attached hydrogen (secondary N) is 1. The van der Waals surface area contributed by atoms with Crippen molar-refractivity contribution in [1.82, 2.24) is 10.2 Å². The number of hydrogen-bond acceptors (Lipinski definition) is 2. The van der Waals surface area contributed by atoms with Crippen molar-refractivity contribution >= 4 is 15.9 Å². The van der Waals surface area contributed by atoms with Gasteiger partial charge in [0.2, 0.25) is 0 Å². The molecule has 1 heterocycles. The Bertz CT molecular complexity index is 182. The Hall–Kier alpha value is 0.140. The molecule has 3 heteroatoms. The summed E-state index contributed by atoms with van der Waals surface area (Å²) in [4.78, 5) is 2.42. The Morgan fingerprint density at radius 3 is 2.92 bits per heavy atom. The molecule has 1 aliphatic heterocycles. The molecule has 76 valence electrons. The largest absolute Gasteiger partial charge is 0.309 e. The third-order valence-corrected chi connectivity index (χ3v) is 3.07. The van der Waals surface area contributed by atoms with Crippen LogP contribution in [0.3, 0.4) is 0 Å². The Morgan fingerprint density at radius 1 is 1.69 bits per heavy atom. The molecule has 2 unspecified atom stereocenters. The van der Waals surface area contributed by atoms with E-state index in [1.807, 2.05) is 0 Å². The van der Waals surface area contributed by atoms with E-state index in [9.17, 15) is 0 Å². The lowest BCUT2D eigenvalue weighted by Crippen LogP contribution is -2.45. The summed E-state index contributed by atoms with van der Waals surface area (Å²) < 4.78 is 1.04. The summed E-state index contributed by atoms with van der Waals surface area (Å²) in [6.45, 7) is 8.20. The highest BCUT2D eigenvalue weighted by Gasteiger charge is 2.21. The summed E-state index contributed by atoms with van der Waals surface area (Å²) in [5, 5.41) is 3.50. The van der Waals surface area contributed by atoms with Crippen LogP contribution in [0.1, 0.15) is 19.8 Å². The van der Waals surface area contributed by atoms with Crippen molar-refractivity contribution in [2.24, 2.45) is 0 Å². The van der Waals surface area contributed by atoms with Crippen molar-refractivity contribution in [3.05, 3.63) is 11.1 Å². The first-order valence-electron chi connectivity index (χ1n) is 4.86. The van der Waals surface area contributed by atoms with E-state index < -0.39 is 0 Å². The number of piperidine rings is 1. The number of likely N-dealkylation sites (tertiary alicyclic amines) is 1. The number of nitrogens with zero attached hydrogens (tertiary/aromatic N) is 1. The van der Waals surface area contributed by atoms with E-state index in [0.717, 1.165) is 11.0 Å². The van der Waals surface area contributed by atoms with Gasteiger partial charge < -0.3 is 10.2 Å². The molecule has 0 aliphatic carbocycles. The minimum absolute atomic E-state index is 0.667. The molecule has 0 saturated carbocycles. The standard InChI is InChI=1S/C10H19BrN2/c1-8(11)7-12-10-4-5-13(3)9(2)6-10/h9-10,12H,1,4-7H2,2-3H3. The van der Waals surface area contributed by atoms with Crippen molar-refractivity contribution < 1.29 is 0 Å². The van der Waals surface area contributed by atoms with Gasteiger partial charge in [0.05, 0.1) is 0 Å². The first-order chi connectivity index (χ1) is 6.09. The predicted molar refractivity (Wildman–Crippen MR) is 61.2 cm³/mol. The number of halogens is 1. The lowest BCUT2D eigenvalue weighted by Gasteiger charge is -2.35. The van der Waals surface area contributed by atoms with E-state index in [4.69, 9.17) is 0 Å². The SMILES string of the molecule is C=C(Br)CNC1CCN(C)C(C)C1. The van der Waals surface area contributed by atoms with Crippen molar-refractivity contribution in [2.45, 2.75) is 31.8 Å². The molecule has 13 heavy (non-hydrogen) atoms. The van der Waals surface area contributed by atoms with Gasteiger partial charge in [0.15, 0.2) is 0 Å². The van der Waals surface area contributed by atoms with E-state index in [-0.39, 0.29) is 0 Å². The van der Waals surface area contributed by atoms with Gasteiger partial charge in [0, 0.05) is 23.1 Å². The fraction of sp³-hybridized carbons (Fsp3) is 0.800. The predicted octanol–water partition coefficient (Wildman–Crippen LogP) is 1.97. The summed E-state index contributed by atoms with van der Waals surface area (Å²) in [5.74, 6) is 0. The molecule has 1 aliphatic rings. The highest BCUT2D eigenvalue weighted by molar-refractivity contribution is 9.11. The molecule has 2 nitrogen and oxygen atoms in total. The Labute approximate surface area is 89.5 Å².